The molecule has 2 amide bonds. The van der Waals surface area contributed by atoms with Crippen LogP contribution in [-0.2, 0) is 4.79 Å². The summed E-state index contributed by atoms with van der Waals surface area (Å²) in [5, 5.41) is 16.6. The summed E-state index contributed by atoms with van der Waals surface area (Å²) in [5.41, 5.74) is 7.60. The summed E-state index contributed by atoms with van der Waals surface area (Å²) in [5.74, 6) is -0.683. The van der Waals surface area contributed by atoms with Crippen LogP contribution in [-0.4, -0.2) is 28.8 Å². The summed E-state index contributed by atoms with van der Waals surface area (Å²) in [6, 6.07) is 12.9. The van der Waals surface area contributed by atoms with Crippen molar-refractivity contribution < 1.29 is 14.5 Å². The summed E-state index contributed by atoms with van der Waals surface area (Å²) < 4.78 is 0. The molecule has 2 aromatic carbocycles. The first kappa shape index (κ1) is 21.4. The van der Waals surface area contributed by atoms with Gasteiger partial charge in [0.05, 0.1) is 10.8 Å². The Morgan fingerprint density at radius 3 is 2.20 bits per heavy atom. The normalized spacial score (nSPS) is 19.5. The average molecular weight is 410 g/mol. The summed E-state index contributed by atoms with van der Waals surface area (Å²) in [6.07, 6.45) is 3.69. The molecule has 1 atom stereocenters. The third-order valence-electron chi connectivity index (χ3n) is 5.52. The molecule has 1 aliphatic rings. The Morgan fingerprint density at radius 2 is 1.63 bits per heavy atom. The van der Waals surface area contributed by atoms with Gasteiger partial charge in [0.2, 0.25) is 5.91 Å². The first-order valence-electron chi connectivity index (χ1n) is 10.0. The molecule has 8 heteroatoms. The van der Waals surface area contributed by atoms with E-state index < -0.39 is 4.92 Å². The standard InChI is InChI=1S/C22H26N4O4/c1-14(21(27)24-19-10-6-17(23)7-11-19)15-2-8-18(9-3-15)25-22(28)16-4-12-20(13-5-16)26(29)30/h2-5,8-9,12-14,17,19H,6-7,10-11,23H2,1H3,(H,24,27)(H,25,28). The number of hydrogen-bond acceptors (Lipinski definition) is 5. The summed E-state index contributed by atoms with van der Waals surface area (Å²) in [6.45, 7) is 1.86. The molecule has 1 fully saturated rings. The molecule has 0 aliphatic heterocycles. The van der Waals surface area contributed by atoms with Gasteiger partial charge >= 0.3 is 0 Å². The molecule has 0 spiro atoms. The Kier molecular flexibility index (Phi) is 6.79. The lowest BCUT2D eigenvalue weighted by Crippen LogP contribution is -2.42. The molecule has 4 N–H and O–H groups in total. The quantitative estimate of drug-likeness (QED) is 0.497. The molecular weight excluding hydrogens is 384 g/mol. The SMILES string of the molecule is CC(C(=O)NC1CCC(N)CC1)c1ccc(NC(=O)c2ccc([N+](=O)[O-])cc2)cc1. The van der Waals surface area contributed by atoms with Crippen molar-refractivity contribution in [3.8, 4) is 0 Å². The highest BCUT2D eigenvalue weighted by atomic mass is 16.6. The van der Waals surface area contributed by atoms with Crippen molar-refractivity contribution in [2.24, 2.45) is 5.73 Å². The number of non-ortho nitro benzene ring substituents is 1. The Balaban J connectivity index is 1.56. The van der Waals surface area contributed by atoms with E-state index in [2.05, 4.69) is 10.6 Å². The van der Waals surface area contributed by atoms with Gasteiger partial charge in [0.1, 0.15) is 0 Å². The number of nitrogens with zero attached hydrogens (tertiary/aromatic N) is 1. The Hall–Kier alpha value is -3.26. The van der Waals surface area contributed by atoms with Crippen LogP contribution in [0.5, 0.6) is 0 Å². The van der Waals surface area contributed by atoms with Crippen LogP contribution in [0.4, 0.5) is 11.4 Å². The number of amides is 2. The van der Waals surface area contributed by atoms with Crippen molar-refractivity contribution in [2.45, 2.75) is 50.6 Å². The highest BCUT2D eigenvalue weighted by Gasteiger charge is 2.23. The minimum absolute atomic E-state index is 0.0156. The fourth-order valence-electron chi connectivity index (χ4n) is 3.53. The van der Waals surface area contributed by atoms with E-state index in [0.717, 1.165) is 31.2 Å². The third kappa shape index (κ3) is 5.42. The van der Waals surface area contributed by atoms with Crippen molar-refractivity contribution in [1.82, 2.24) is 5.32 Å². The summed E-state index contributed by atoms with van der Waals surface area (Å²) in [7, 11) is 0. The number of hydrogen-bond donors (Lipinski definition) is 3. The fraction of sp³-hybridized carbons (Fsp3) is 0.364. The van der Waals surface area contributed by atoms with Gasteiger partial charge in [0.25, 0.3) is 11.6 Å². The Bertz CT molecular complexity index is 904. The molecule has 1 aliphatic carbocycles. The van der Waals surface area contributed by atoms with E-state index in [9.17, 15) is 19.7 Å². The smallest absolute Gasteiger partial charge is 0.269 e. The summed E-state index contributed by atoms with van der Waals surface area (Å²) >= 11 is 0. The number of rotatable bonds is 6. The number of carbonyl (C=O) groups excluding carboxylic acids is 2. The number of nitro groups is 1. The van der Waals surface area contributed by atoms with Gasteiger partial charge in [0, 0.05) is 35.5 Å². The number of benzene rings is 2. The second kappa shape index (κ2) is 9.49. The molecule has 1 unspecified atom stereocenters. The number of nitro benzene ring substituents is 1. The number of nitrogens with one attached hydrogen (secondary N) is 2. The zero-order valence-electron chi connectivity index (χ0n) is 16.8. The lowest BCUT2D eigenvalue weighted by molar-refractivity contribution is -0.384. The van der Waals surface area contributed by atoms with Gasteiger partial charge in [0.15, 0.2) is 0 Å². The topological polar surface area (TPSA) is 127 Å². The molecule has 8 nitrogen and oxygen atoms in total. The van der Waals surface area contributed by atoms with E-state index in [1.165, 1.54) is 24.3 Å². The Labute approximate surface area is 175 Å². The Morgan fingerprint density at radius 1 is 1.03 bits per heavy atom. The molecule has 0 aromatic heterocycles. The van der Waals surface area contributed by atoms with E-state index in [4.69, 9.17) is 5.73 Å². The first-order valence-corrected chi connectivity index (χ1v) is 10.0. The van der Waals surface area contributed by atoms with E-state index in [-0.39, 0.29) is 35.5 Å². The highest BCUT2D eigenvalue weighted by Crippen LogP contribution is 2.22. The lowest BCUT2D eigenvalue weighted by atomic mass is 9.91. The van der Waals surface area contributed by atoms with Crippen LogP contribution in [0.15, 0.2) is 48.5 Å². The van der Waals surface area contributed by atoms with Gasteiger partial charge in [-0.15, -0.1) is 0 Å². The van der Waals surface area contributed by atoms with Gasteiger partial charge < -0.3 is 16.4 Å². The van der Waals surface area contributed by atoms with Crippen LogP contribution < -0.4 is 16.4 Å². The third-order valence-corrected chi connectivity index (χ3v) is 5.52. The number of carbonyl (C=O) groups is 2. The predicted octanol–water partition coefficient (Wildman–Crippen LogP) is 3.34. The van der Waals surface area contributed by atoms with Crippen LogP contribution >= 0.6 is 0 Å². The van der Waals surface area contributed by atoms with Crippen LogP contribution in [0.3, 0.4) is 0 Å². The van der Waals surface area contributed by atoms with E-state index in [1.807, 2.05) is 19.1 Å². The molecule has 0 bridgehead atoms. The molecule has 1 saturated carbocycles. The minimum atomic E-state index is -0.513. The van der Waals surface area contributed by atoms with Gasteiger partial charge in [-0.05, 0) is 62.4 Å². The van der Waals surface area contributed by atoms with Crippen molar-refractivity contribution >= 4 is 23.2 Å². The number of nitrogens with two attached hydrogens (primary N) is 1. The fourth-order valence-corrected chi connectivity index (χ4v) is 3.53. The van der Waals surface area contributed by atoms with Crippen molar-refractivity contribution in [2.75, 3.05) is 5.32 Å². The molecule has 158 valence electrons. The van der Waals surface area contributed by atoms with Gasteiger partial charge in [-0.1, -0.05) is 12.1 Å². The van der Waals surface area contributed by atoms with Crippen molar-refractivity contribution in [1.29, 1.82) is 0 Å². The molecule has 0 heterocycles. The lowest BCUT2D eigenvalue weighted by Gasteiger charge is -2.28. The van der Waals surface area contributed by atoms with Crippen molar-refractivity contribution in [3.05, 3.63) is 69.8 Å². The van der Waals surface area contributed by atoms with Gasteiger partial charge in [-0.25, -0.2) is 0 Å². The molecular formula is C22H26N4O4. The van der Waals surface area contributed by atoms with Crippen LogP contribution in [0.2, 0.25) is 0 Å². The second-order valence-electron chi connectivity index (χ2n) is 7.72. The molecule has 0 radical (unpaired) electrons. The van der Waals surface area contributed by atoms with Crippen LogP contribution in [0.25, 0.3) is 0 Å². The van der Waals surface area contributed by atoms with E-state index in [0.29, 0.717) is 11.3 Å². The van der Waals surface area contributed by atoms with Crippen molar-refractivity contribution in [3.63, 3.8) is 0 Å². The maximum atomic E-state index is 12.6. The van der Waals surface area contributed by atoms with E-state index in [1.54, 1.807) is 12.1 Å². The molecule has 0 saturated heterocycles. The zero-order valence-corrected chi connectivity index (χ0v) is 16.8. The average Bonchev–Trinajstić information content (AvgIpc) is 2.75. The maximum Gasteiger partial charge on any atom is 0.269 e. The van der Waals surface area contributed by atoms with Gasteiger partial charge in [-0.3, -0.25) is 19.7 Å². The molecule has 3 rings (SSSR count). The first-order chi connectivity index (χ1) is 14.3. The zero-order chi connectivity index (χ0) is 21.7. The van der Waals surface area contributed by atoms with Crippen LogP contribution in [0.1, 0.15) is 54.4 Å². The monoisotopic (exact) mass is 410 g/mol. The number of anilines is 1. The second-order valence-corrected chi connectivity index (χ2v) is 7.72. The molecule has 2 aromatic rings. The molecule has 30 heavy (non-hydrogen) atoms. The predicted molar refractivity (Wildman–Crippen MR) is 114 cm³/mol. The van der Waals surface area contributed by atoms with E-state index >= 15 is 0 Å². The largest absolute Gasteiger partial charge is 0.353 e. The summed E-state index contributed by atoms with van der Waals surface area (Å²) in [4.78, 5) is 35.1. The minimum Gasteiger partial charge on any atom is -0.353 e. The maximum absolute atomic E-state index is 12.6. The van der Waals surface area contributed by atoms with Gasteiger partial charge in [-0.2, -0.15) is 0 Å². The highest BCUT2D eigenvalue weighted by molar-refractivity contribution is 6.04. The van der Waals surface area contributed by atoms with Crippen LogP contribution in [0, 0.1) is 10.1 Å².